The van der Waals surface area contributed by atoms with Gasteiger partial charge in [0.05, 0.1) is 8.95 Å². The van der Waals surface area contributed by atoms with Crippen LogP contribution in [0.2, 0.25) is 0 Å². The van der Waals surface area contributed by atoms with Crippen LogP contribution in [0.25, 0.3) is 0 Å². The summed E-state index contributed by atoms with van der Waals surface area (Å²) in [4.78, 5) is 0. The highest BCUT2D eigenvalue weighted by Crippen LogP contribution is 2.53. The van der Waals surface area contributed by atoms with E-state index in [0.717, 1.165) is 31.2 Å². The molecule has 0 aromatic heterocycles. The molecule has 0 spiro atoms. The first-order valence-corrected chi connectivity index (χ1v) is 10.2. The number of benzene rings is 1. The Balaban J connectivity index is 2.17. The van der Waals surface area contributed by atoms with E-state index < -0.39 is 6.10 Å². The number of β-amino-alcohol motifs (C(OH)–C–C–N with tert-alkyl or cyclic N) is 1. The minimum Gasteiger partial charge on any atom is -0.486 e. The maximum Gasteiger partial charge on any atom is 0.177 e. The normalized spacial score (nSPS) is 17.4. The standard InChI is InChI=1S/C17H24Br3NO3/c1-16(2,3)21-7-9(22)8-23-15-13(20)12(19)11(18)10-6-17(4,5)24-14(10)15/h9,21-22H,6-8H2,1-5H3. The van der Waals surface area contributed by atoms with Gasteiger partial charge < -0.3 is 19.9 Å². The Labute approximate surface area is 169 Å². The first kappa shape index (κ1) is 20.5. The zero-order chi connectivity index (χ0) is 18.3. The number of ether oxygens (including phenoxy) is 2. The highest BCUT2D eigenvalue weighted by Gasteiger charge is 2.37. The van der Waals surface area contributed by atoms with Gasteiger partial charge in [-0.1, -0.05) is 0 Å². The quantitative estimate of drug-likeness (QED) is 0.537. The van der Waals surface area contributed by atoms with Crippen molar-refractivity contribution < 1.29 is 14.6 Å². The number of nitrogens with one attached hydrogen (secondary N) is 1. The van der Waals surface area contributed by atoms with Crippen molar-refractivity contribution in [2.75, 3.05) is 13.2 Å². The highest BCUT2D eigenvalue weighted by molar-refractivity contribution is 9.14. The zero-order valence-corrected chi connectivity index (χ0v) is 19.4. The predicted molar refractivity (Wildman–Crippen MR) is 107 cm³/mol. The fraction of sp³-hybridized carbons (Fsp3) is 0.647. The SMILES string of the molecule is CC(C)(C)NCC(O)COc1c(Br)c(Br)c(Br)c2c1OC(C)(C)C2. The van der Waals surface area contributed by atoms with Gasteiger partial charge in [0, 0.05) is 28.5 Å². The fourth-order valence-electron chi connectivity index (χ4n) is 2.46. The van der Waals surface area contributed by atoms with Crippen LogP contribution < -0.4 is 14.8 Å². The summed E-state index contributed by atoms with van der Waals surface area (Å²) in [5, 5.41) is 13.4. The van der Waals surface area contributed by atoms with Crippen LogP contribution in [0.3, 0.4) is 0 Å². The van der Waals surface area contributed by atoms with Gasteiger partial charge in [-0.2, -0.15) is 0 Å². The van der Waals surface area contributed by atoms with E-state index in [9.17, 15) is 5.11 Å². The molecule has 0 saturated heterocycles. The summed E-state index contributed by atoms with van der Waals surface area (Å²) in [6, 6.07) is 0. The van der Waals surface area contributed by atoms with Crippen LogP contribution in [0, 0.1) is 0 Å². The molecule has 1 heterocycles. The van der Waals surface area contributed by atoms with Crippen molar-refractivity contribution in [1.82, 2.24) is 5.32 Å². The molecular weight excluding hydrogens is 506 g/mol. The lowest BCUT2D eigenvalue weighted by Gasteiger charge is -2.24. The molecule has 1 aromatic rings. The van der Waals surface area contributed by atoms with Gasteiger partial charge in [-0.05, 0) is 82.4 Å². The van der Waals surface area contributed by atoms with Crippen molar-refractivity contribution in [2.24, 2.45) is 0 Å². The van der Waals surface area contributed by atoms with Gasteiger partial charge in [-0.3, -0.25) is 0 Å². The molecule has 136 valence electrons. The third-order valence-electron chi connectivity index (χ3n) is 3.60. The molecule has 2 N–H and O–H groups in total. The van der Waals surface area contributed by atoms with Gasteiger partial charge in [0.15, 0.2) is 11.5 Å². The molecule has 7 heteroatoms. The number of halogens is 3. The van der Waals surface area contributed by atoms with Crippen molar-refractivity contribution in [2.45, 2.75) is 58.3 Å². The van der Waals surface area contributed by atoms with Crippen LogP contribution >= 0.6 is 47.8 Å². The molecule has 0 amide bonds. The van der Waals surface area contributed by atoms with Crippen molar-refractivity contribution >= 4 is 47.8 Å². The van der Waals surface area contributed by atoms with E-state index in [0.29, 0.717) is 12.3 Å². The fourth-order valence-corrected chi connectivity index (χ4v) is 4.16. The van der Waals surface area contributed by atoms with Gasteiger partial charge >= 0.3 is 0 Å². The third kappa shape index (κ3) is 4.87. The molecule has 0 saturated carbocycles. The molecule has 2 rings (SSSR count). The van der Waals surface area contributed by atoms with Crippen molar-refractivity contribution in [1.29, 1.82) is 0 Å². The third-order valence-corrected chi connectivity index (χ3v) is 7.09. The molecule has 24 heavy (non-hydrogen) atoms. The lowest BCUT2D eigenvalue weighted by atomic mass is 10.0. The maximum atomic E-state index is 10.2. The minimum atomic E-state index is -0.608. The maximum absolute atomic E-state index is 10.2. The molecular formula is C17H24Br3NO3. The summed E-state index contributed by atoms with van der Waals surface area (Å²) in [6.07, 6.45) is 0.183. The molecule has 1 aromatic carbocycles. The Hall–Kier alpha value is 0.180. The van der Waals surface area contributed by atoms with Gasteiger partial charge in [0.1, 0.15) is 18.3 Å². The second kappa shape index (κ2) is 7.43. The molecule has 1 atom stereocenters. The van der Waals surface area contributed by atoms with E-state index in [-0.39, 0.29) is 17.7 Å². The number of hydrogen-bond donors (Lipinski definition) is 2. The Kier molecular flexibility index (Phi) is 6.34. The highest BCUT2D eigenvalue weighted by atomic mass is 79.9. The van der Waals surface area contributed by atoms with E-state index in [2.05, 4.69) is 73.9 Å². The summed E-state index contributed by atoms with van der Waals surface area (Å²) < 4.78 is 14.6. The Morgan fingerprint density at radius 1 is 1.21 bits per heavy atom. The van der Waals surface area contributed by atoms with E-state index in [4.69, 9.17) is 9.47 Å². The van der Waals surface area contributed by atoms with E-state index in [1.54, 1.807) is 0 Å². The Morgan fingerprint density at radius 3 is 2.42 bits per heavy atom. The molecule has 0 aliphatic carbocycles. The smallest absolute Gasteiger partial charge is 0.177 e. The summed E-state index contributed by atoms with van der Waals surface area (Å²) in [5.41, 5.74) is 0.749. The van der Waals surface area contributed by atoms with Gasteiger partial charge in [-0.15, -0.1) is 0 Å². The number of aliphatic hydroxyl groups excluding tert-OH is 1. The second-order valence-electron chi connectivity index (χ2n) is 7.71. The van der Waals surface area contributed by atoms with Gasteiger partial charge in [-0.25, -0.2) is 0 Å². The molecule has 1 aliphatic heterocycles. The monoisotopic (exact) mass is 527 g/mol. The molecule has 0 radical (unpaired) electrons. The molecule has 0 fully saturated rings. The number of rotatable bonds is 5. The van der Waals surface area contributed by atoms with Gasteiger partial charge in [0.25, 0.3) is 0 Å². The van der Waals surface area contributed by atoms with Crippen LogP contribution in [0.15, 0.2) is 13.4 Å². The second-order valence-corrected chi connectivity index (χ2v) is 10.1. The molecule has 0 bridgehead atoms. The van der Waals surface area contributed by atoms with E-state index >= 15 is 0 Å². The van der Waals surface area contributed by atoms with Gasteiger partial charge in [0.2, 0.25) is 0 Å². The van der Waals surface area contributed by atoms with E-state index in [1.807, 2.05) is 13.8 Å². The van der Waals surface area contributed by atoms with Crippen LogP contribution in [0.1, 0.15) is 40.2 Å². The first-order valence-electron chi connectivity index (χ1n) is 7.85. The van der Waals surface area contributed by atoms with Crippen LogP contribution in [0.5, 0.6) is 11.5 Å². The van der Waals surface area contributed by atoms with Crippen LogP contribution in [-0.2, 0) is 6.42 Å². The lowest BCUT2D eigenvalue weighted by Crippen LogP contribution is -2.42. The number of hydrogen-bond acceptors (Lipinski definition) is 4. The van der Waals surface area contributed by atoms with Crippen molar-refractivity contribution in [3.05, 3.63) is 19.0 Å². The first-order chi connectivity index (χ1) is 10.9. The summed E-state index contributed by atoms with van der Waals surface area (Å²) >= 11 is 10.8. The topological polar surface area (TPSA) is 50.7 Å². The van der Waals surface area contributed by atoms with Crippen LogP contribution in [0.4, 0.5) is 0 Å². The Bertz CT molecular complexity index is 627. The van der Waals surface area contributed by atoms with Crippen LogP contribution in [-0.4, -0.2) is 35.5 Å². The van der Waals surface area contributed by atoms with Crippen molar-refractivity contribution in [3.8, 4) is 11.5 Å². The molecule has 4 nitrogen and oxygen atoms in total. The van der Waals surface area contributed by atoms with Crippen molar-refractivity contribution in [3.63, 3.8) is 0 Å². The average molecular weight is 530 g/mol. The summed E-state index contributed by atoms with van der Waals surface area (Å²) in [7, 11) is 0. The zero-order valence-electron chi connectivity index (χ0n) is 14.6. The predicted octanol–water partition coefficient (Wildman–Crippen LogP) is 4.82. The number of aliphatic hydroxyl groups is 1. The Morgan fingerprint density at radius 2 is 1.83 bits per heavy atom. The minimum absolute atomic E-state index is 0.0451. The largest absolute Gasteiger partial charge is 0.486 e. The lowest BCUT2D eigenvalue weighted by molar-refractivity contribution is 0.0920. The van der Waals surface area contributed by atoms with E-state index in [1.165, 1.54) is 0 Å². The molecule has 1 aliphatic rings. The number of fused-ring (bicyclic) bond motifs is 1. The summed E-state index contributed by atoms with van der Waals surface area (Å²) in [6.45, 7) is 10.9. The summed E-state index contributed by atoms with van der Waals surface area (Å²) in [5.74, 6) is 1.36. The average Bonchev–Trinajstić information content (AvgIpc) is 2.77. The molecule has 1 unspecified atom stereocenters.